The third-order valence-electron chi connectivity index (χ3n) is 1.25. The number of carboxylic acids is 4. The minimum absolute atomic E-state index is 0.278. The van der Waals surface area contributed by atoms with Crippen LogP contribution in [0.5, 0.6) is 0 Å². The summed E-state index contributed by atoms with van der Waals surface area (Å²) in [5.41, 5.74) is 4.57. The normalized spacial score (nSPS) is 9.22. The molecule has 0 saturated heterocycles. The minimum atomic E-state index is -1.26. The Balaban J connectivity index is 0. The molecule has 0 aromatic heterocycles. The predicted octanol–water partition coefficient (Wildman–Crippen LogP) is -2.43. The van der Waals surface area contributed by atoms with E-state index in [1.807, 2.05) is 0 Å². The number of aliphatic carboxylic acids is 4. The number of nitrogens with zero attached hydrogens (tertiary/aromatic N) is 1. The zero-order valence-electron chi connectivity index (χ0n) is 9.27. The van der Waals surface area contributed by atoms with E-state index < -0.39 is 43.5 Å². The van der Waals surface area contributed by atoms with Crippen molar-refractivity contribution in [3.05, 3.63) is 0 Å². The molecule has 0 aromatic carbocycles. The molecule has 0 aliphatic heterocycles. The molecular weight excluding hydrogens is 252 g/mol. The lowest BCUT2D eigenvalue weighted by Gasteiger charge is -2.14. The zero-order valence-corrected chi connectivity index (χ0v) is 9.27. The number of carbonyl (C=O) groups is 4. The highest BCUT2D eigenvalue weighted by Crippen LogP contribution is 1.87. The summed E-state index contributed by atoms with van der Waals surface area (Å²) in [6.07, 6.45) is 0. The fraction of sp³-hybridized carbons (Fsp3) is 0.500. The molecule has 18 heavy (non-hydrogen) atoms. The predicted molar refractivity (Wildman–Crippen MR) is 56.0 cm³/mol. The second-order valence-corrected chi connectivity index (χ2v) is 2.92. The van der Waals surface area contributed by atoms with Gasteiger partial charge in [0.15, 0.2) is 0 Å². The Bertz CT molecular complexity index is 278. The summed E-state index contributed by atoms with van der Waals surface area (Å²) in [7, 11) is 0. The van der Waals surface area contributed by atoms with E-state index in [1.165, 1.54) is 0 Å². The first-order chi connectivity index (χ1) is 8.18. The summed E-state index contributed by atoms with van der Waals surface area (Å²) in [6.45, 7) is -2.07. The van der Waals surface area contributed by atoms with Crippen LogP contribution >= 0.6 is 0 Å². The van der Waals surface area contributed by atoms with Crippen LogP contribution in [0, 0.1) is 0 Å². The highest BCUT2D eigenvalue weighted by molar-refractivity contribution is 5.75. The molecule has 0 atom stereocenters. The lowest BCUT2D eigenvalue weighted by molar-refractivity contribution is -0.145. The Morgan fingerprint density at radius 3 is 1.06 bits per heavy atom. The van der Waals surface area contributed by atoms with Crippen molar-refractivity contribution in [2.75, 3.05) is 26.2 Å². The van der Waals surface area contributed by atoms with E-state index in [0.717, 1.165) is 4.90 Å². The number of hydrogen-bond acceptors (Lipinski definition) is 6. The Labute approximate surface area is 101 Å². The average Bonchev–Trinajstić information content (AvgIpc) is 2.14. The van der Waals surface area contributed by atoms with Crippen molar-refractivity contribution in [2.45, 2.75) is 0 Å². The van der Waals surface area contributed by atoms with Crippen LogP contribution in [0.25, 0.3) is 0 Å². The maximum Gasteiger partial charge on any atom is 0.317 e. The number of carboxylic acid groups (broad SMARTS) is 4. The van der Waals surface area contributed by atoms with Crippen LogP contribution in [0.15, 0.2) is 0 Å². The smallest absolute Gasteiger partial charge is 0.317 e. The van der Waals surface area contributed by atoms with Crippen LogP contribution in [-0.2, 0) is 19.2 Å². The van der Waals surface area contributed by atoms with E-state index in [1.54, 1.807) is 0 Å². The van der Waals surface area contributed by atoms with Crippen molar-refractivity contribution in [2.24, 2.45) is 5.73 Å². The van der Waals surface area contributed by atoms with Crippen molar-refractivity contribution < 1.29 is 39.6 Å². The lowest BCUT2D eigenvalue weighted by atomic mass is 10.4. The summed E-state index contributed by atoms with van der Waals surface area (Å²) >= 11 is 0. The number of nitrogens with two attached hydrogens (primary N) is 1. The fourth-order valence-corrected chi connectivity index (χ4v) is 0.742. The van der Waals surface area contributed by atoms with Crippen LogP contribution in [-0.4, -0.2) is 75.4 Å². The molecule has 104 valence electrons. The summed E-state index contributed by atoms with van der Waals surface area (Å²) in [5.74, 6) is -4.75. The monoisotopic (exact) mass is 266 g/mol. The summed E-state index contributed by atoms with van der Waals surface area (Å²) in [4.78, 5) is 40.5. The highest BCUT2D eigenvalue weighted by Gasteiger charge is 2.15. The van der Waals surface area contributed by atoms with Crippen LogP contribution in [0.1, 0.15) is 0 Å². The highest BCUT2D eigenvalue weighted by atomic mass is 16.4. The van der Waals surface area contributed by atoms with Crippen molar-refractivity contribution in [1.29, 1.82) is 0 Å². The Morgan fingerprint density at radius 1 is 0.722 bits per heavy atom. The van der Waals surface area contributed by atoms with Gasteiger partial charge in [-0.05, 0) is 0 Å². The first kappa shape index (κ1) is 18.2. The van der Waals surface area contributed by atoms with Gasteiger partial charge in [0, 0.05) is 0 Å². The molecule has 0 spiro atoms. The summed E-state index contributed by atoms with van der Waals surface area (Å²) in [5, 5.41) is 32.4. The second kappa shape index (κ2) is 9.99. The molecule has 10 nitrogen and oxygen atoms in total. The molecule has 0 fully saturated rings. The van der Waals surface area contributed by atoms with Gasteiger partial charge in [0.2, 0.25) is 0 Å². The molecule has 0 aliphatic carbocycles. The molecule has 0 heterocycles. The van der Waals surface area contributed by atoms with E-state index >= 15 is 0 Å². The van der Waals surface area contributed by atoms with E-state index in [0.29, 0.717) is 0 Å². The van der Waals surface area contributed by atoms with Gasteiger partial charge in [-0.2, -0.15) is 0 Å². The number of rotatable bonds is 7. The molecule has 0 amide bonds. The van der Waals surface area contributed by atoms with Gasteiger partial charge in [-0.1, -0.05) is 0 Å². The van der Waals surface area contributed by atoms with Crippen LogP contribution < -0.4 is 5.73 Å². The Kier molecular flexibility index (Phi) is 10.1. The van der Waals surface area contributed by atoms with Gasteiger partial charge >= 0.3 is 23.9 Å². The van der Waals surface area contributed by atoms with Gasteiger partial charge in [0.25, 0.3) is 0 Å². The average molecular weight is 266 g/mol. The number of hydrogen-bond donors (Lipinski definition) is 5. The largest absolute Gasteiger partial charge is 0.480 e. The van der Waals surface area contributed by atoms with E-state index in [4.69, 9.17) is 20.4 Å². The zero-order chi connectivity index (χ0) is 14.7. The minimum Gasteiger partial charge on any atom is -0.480 e. The van der Waals surface area contributed by atoms with Crippen molar-refractivity contribution >= 4 is 23.9 Å². The fourth-order valence-electron chi connectivity index (χ4n) is 0.742. The molecule has 0 bridgehead atoms. The molecule has 0 saturated carbocycles. The molecule has 0 rings (SSSR count). The van der Waals surface area contributed by atoms with Gasteiger partial charge in [-0.15, -0.1) is 0 Å². The standard InChI is InChI=1S/C6H9NO6.C2H5NO2/c8-4(9)1-7(2-5(10)11)3-6(12)13;3-1-2(4)5/h1-3H2,(H,8,9)(H,10,11)(H,12,13);1,3H2,(H,4,5). The molecule has 6 N–H and O–H groups in total. The van der Waals surface area contributed by atoms with Gasteiger partial charge in [-0.3, -0.25) is 24.1 Å². The molecular formula is C8H14N2O8. The lowest BCUT2D eigenvalue weighted by Crippen LogP contribution is -2.38. The first-order valence-corrected chi connectivity index (χ1v) is 4.48. The topological polar surface area (TPSA) is 178 Å². The molecule has 0 unspecified atom stereocenters. The van der Waals surface area contributed by atoms with E-state index in [-0.39, 0.29) is 6.54 Å². The quantitative estimate of drug-likeness (QED) is 0.332. The molecule has 10 heteroatoms. The van der Waals surface area contributed by atoms with E-state index in [9.17, 15) is 19.2 Å². The van der Waals surface area contributed by atoms with Crippen molar-refractivity contribution in [3.8, 4) is 0 Å². The SMILES string of the molecule is NCC(=O)O.O=C(O)CN(CC(=O)O)CC(=O)O. The molecule has 0 aromatic rings. The van der Waals surface area contributed by atoms with Crippen molar-refractivity contribution in [3.63, 3.8) is 0 Å². The van der Waals surface area contributed by atoms with Crippen LogP contribution in [0.4, 0.5) is 0 Å². The summed E-state index contributed by atoms with van der Waals surface area (Å²) < 4.78 is 0. The third kappa shape index (κ3) is 16.2. The van der Waals surface area contributed by atoms with Crippen LogP contribution in [0.2, 0.25) is 0 Å². The van der Waals surface area contributed by atoms with Gasteiger partial charge in [-0.25, -0.2) is 0 Å². The van der Waals surface area contributed by atoms with Gasteiger partial charge in [0.05, 0.1) is 26.2 Å². The molecule has 0 aliphatic rings. The van der Waals surface area contributed by atoms with Gasteiger partial charge < -0.3 is 26.2 Å². The van der Waals surface area contributed by atoms with Gasteiger partial charge in [0.1, 0.15) is 0 Å². The molecule has 0 radical (unpaired) electrons. The first-order valence-electron chi connectivity index (χ1n) is 4.48. The van der Waals surface area contributed by atoms with E-state index in [2.05, 4.69) is 5.73 Å². The maximum absolute atomic E-state index is 10.1. The van der Waals surface area contributed by atoms with Crippen molar-refractivity contribution in [1.82, 2.24) is 4.90 Å². The maximum atomic E-state index is 10.1. The Hall–Kier alpha value is -2.20. The van der Waals surface area contributed by atoms with Crippen LogP contribution in [0.3, 0.4) is 0 Å². The summed E-state index contributed by atoms with van der Waals surface area (Å²) in [6, 6.07) is 0. The third-order valence-corrected chi connectivity index (χ3v) is 1.25. The second-order valence-electron chi connectivity index (χ2n) is 2.92. The Morgan fingerprint density at radius 2 is 0.944 bits per heavy atom.